The van der Waals surface area contributed by atoms with Crippen LogP contribution in [-0.2, 0) is 9.53 Å². The molecule has 0 aromatic carbocycles. The maximum atomic E-state index is 10.7. The second-order valence-corrected chi connectivity index (χ2v) is 1.79. The first-order valence-electron chi connectivity index (χ1n) is 3.18. The first-order valence-corrected chi connectivity index (χ1v) is 3.18. The molecule has 0 aromatic rings. The van der Waals surface area contributed by atoms with E-state index < -0.39 is 5.97 Å². The average molecular weight is 154 g/mol. The highest BCUT2D eigenvalue weighted by molar-refractivity contribution is 5.87. The molecule has 2 N–H and O–H groups in total. The molecular formula is C7H10N2O2. The minimum absolute atomic E-state index is 0.0722. The molecule has 0 unspecified atom stereocenters. The largest absolute Gasteiger partial charge is 0.460 e. The summed E-state index contributed by atoms with van der Waals surface area (Å²) in [4.78, 5) is 10.7. The van der Waals surface area contributed by atoms with Crippen LogP contribution in [0.3, 0.4) is 0 Å². The van der Waals surface area contributed by atoms with E-state index in [1.54, 1.807) is 6.92 Å². The molecule has 11 heavy (non-hydrogen) atoms. The van der Waals surface area contributed by atoms with Crippen molar-refractivity contribution in [1.29, 1.82) is 5.26 Å². The summed E-state index contributed by atoms with van der Waals surface area (Å²) in [5.74, 6) is -0.567. The number of carbonyl (C=O) groups excluding carboxylic acids is 1. The molecular weight excluding hydrogens is 144 g/mol. The molecule has 4 nitrogen and oxygen atoms in total. The molecule has 4 heteroatoms. The molecule has 0 aliphatic rings. The number of esters is 1. The number of nitriles is 1. The maximum absolute atomic E-state index is 10.7. The standard InChI is InChI=1S/C7H10N2O2/c1-2-6(9)7(10)11-5-3-4-8/h2H,3,5,9H2,1H3/b6-2-. The number of hydrogen-bond donors (Lipinski definition) is 1. The Balaban J connectivity index is 3.64. The van der Waals surface area contributed by atoms with Gasteiger partial charge in [0.25, 0.3) is 0 Å². The van der Waals surface area contributed by atoms with Crippen LogP contribution in [0.1, 0.15) is 13.3 Å². The molecule has 0 aliphatic heterocycles. The van der Waals surface area contributed by atoms with E-state index in [9.17, 15) is 4.79 Å². The lowest BCUT2D eigenvalue weighted by molar-refractivity contribution is -0.138. The molecule has 0 radical (unpaired) electrons. The third kappa shape index (κ3) is 3.98. The molecule has 0 amide bonds. The molecule has 0 spiro atoms. The van der Waals surface area contributed by atoms with Crippen LogP contribution in [0.25, 0.3) is 0 Å². The molecule has 0 bridgehead atoms. The smallest absolute Gasteiger partial charge is 0.353 e. The van der Waals surface area contributed by atoms with Crippen LogP contribution in [0.2, 0.25) is 0 Å². The van der Waals surface area contributed by atoms with Crippen LogP contribution in [0.4, 0.5) is 0 Å². The minimum Gasteiger partial charge on any atom is -0.460 e. The quantitative estimate of drug-likeness (QED) is 0.360. The van der Waals surface area contributed by atoms with Gasteiger partial charge in [0.05, 0.1) is 12.5 Å². The van der Waals surface area contributed by atoms with Crippen molar-refractivity contribution in [3.63, 3.8) is 0 Å². The number of ether oxygens (including phenoxy) is 1. The number of allylic oxidation sites excluding steroid dienone is 1. The number of nitrogens with zero attached hydrogens (tertiary/aromatic N) is 1. The SMILES string of the molecule is C/C=C(\N)C(=O)OCCC#N. The summed E-state index contributed by atoms with van der Waals surface area (Å²) in [6.45, 7) is 1.74. The van der Waals surface area contributed by atoms with Gasteiger partial charge in [-0.05, 0) is 6.92 Å². The first-order chi connectivity index (χ1) is 5.22. The van der Waals surface area contributed by atoms with Gasteiger partial charge in [0, 0.05) is 0 Å². The molecule has 0 heterocycles. The predicted molar refractivity (Wildman–Crippen MR) is 39.1 cm³/mol. The zero-order valence-corrected chi connectivity index (χ0v) is 6.33. The second-order valence-electron chi connectivity index (χ2n) is 1.79. The normalized spacial score (nSPS) is 10.4. The Morgan fingerprint density at radius 2 is 2.45 bits per heavy atom. The fourth-order valence-electron chi connectivity index (χ4n) is 0.391. The monoisotopic (exact) mass is 154 g/mol. The second kappa shape index (κ2) is 5.30. The van der Waals surface area contributed by atoms with Crippen LogP contribution >= 0.6 is 0 Å². The van der Waals surface area contributed by atoms with Gasteiger partial charge >= 0.3 is 5.97 Å². The van der Waals surface area contributed by atoms with E-state index in [4.69, 9.17) is 11.0 Å². The fourth-order valence-corrected chi connectivity index (χ4v) is 0.391. The summed E-state index contributed by atoms with van der Waals surface area (Å²) >= 11 is 0. The summed E-state index contributed by atoms with van der Waals surface area (Å²) in [5, 5.41) is 8.09. The third-order valence-electron chi connectivity index (χ3n) is 0.994. The van der Waals surface area contributed by atoms with Gasteiger partial charge in [0.15, 0.2) is 0 Å². The van der Waals surface area contributed by atoms with Crippen molar-refractivity contribution >= 4 is 5.97 Å². The van der Waals surface area contributed by atoms with Crippen molar-refractivity contribution in [2.24, 2.45) is 5.73 Å². The van der Waals surface area contributed by atoms with Crippen LogP contribution in [0.5, 0.6) is 0 Å². The van der Waals surface area contributed by atoms with E-state index >= 15 is 0 Å². The van der Waals surface area contributed by atoms with Crippen LogP contribution < -0.4 is 5.73 Å². The van der Waals surface area contributed by atoms with E-state index in [0.717, 1.165) is 0 Å². The van der Waals surface area contributed by atoms with Crippen LogP contribution in [0.15, 0.2) is 11.8 Å². The van der Waals surface area contributed by atoms with Gasteiger partial charge in [0.2, 0.25) is 0 Å². The summed E-state index contributed by atoms with van der Waals surface area (Å²) in [7, 11) is 0. The van der Waals surface area contributed by atoms with Crippen molar-refractivity contribution in [2.75, 3.05) is 6.61 Å². The maximum Gasteiger partial charge on any atom is 0.353 e. The molecule has 0 fully saturated rings. The van der Waals surface area contributed by atoms with Crippen molar-refractivity contribution in [3.8, 4) is 6.07 Å². The van der Waals surface area contributed by atoms with Gasteiger partial charge in [-0.25, -0.2) is 4.79 Å². The van der Waals surface area contributed by atoms with Gasteiger partial charge in [-0.15, -0.1) is 0 Å². The number of carbonyl (C=O) groups is 1. The van der Waals surface area contributed by atoms with Gasteiger partial charge in [0.1, 0.15) is 12.3 Å². The van der Waals surface area contributed by atoms with E-state index in [2.05, 4.69) is 4.74 Å². The van der Waals surface area contributed by atoms with Crippen molar-refractivity contribution in [2.45, 2.75) is 13.3 Å². The number of rotatable bonds is 3. The Bertz CT molecular complexity index is 203. The van der Waals surface area contributed by atoms with Gasteiger partial charge in [-0.3, -0.25) is 0 Å². The van der Waals surface area contributed by atoms with Gasteiger partial charge in [-0.1, -0.05) is 6.08 Å². The van der Waals surface area contributed by atoms with E-state index in [0.29, 0.717) is 0 Å². The van der Waals surface area contributed by atoms with Crippen molar-refractivity contribution in [1.82, 2.24) is 0 Å². The average Bonchev–Trinajstić information content (AvgIpc) is 2.03. The lowest BCUT2D eigenvalue weighted by Gasteiger charge is -1.99. The topological polar surface area (TPSA) is 76.1 Å². The van der Waals surface area contributed by atoms with E-state index in [-0.39, 0.29) is 18.7 Å². The molecule has 60 valence electrons. The molecule has 0 aliphatic carbocycles. The Hall–Kier alpha value is -1.50. The van der Waals surface area contributed by atoms with E-state index in [1.807, 2.05) is 6.07 Å². The van der Waals surface area contributed by atoms with Crippen molar-refractivity contribution < 1.29 is 9.53 Å². The fraction of sp³-hybridized carbons (Fsp3) is 0.429. The summed E-state index contributed by atoms with van der Waals surface area (Å²) < 4.78 is 4.58. The summed E-state index contributed by atoms with van der Waals surface area (Å²) in [6.07, 6.45) is 1.65. The Morgan fingerprint density at radius 1 is 1.82 bits per heavy atom. The number of hydrogen-bond acceptors (Lipinski definition) is 4. The Kier molecular flexibility index (Phi) is 4.58. The Labute approximate surface area is 65.2 Å². The Morgan fingerprint density at radius 3 is 2.91 bits per heavy atom. The lowest BCUT2D eigenvalue weighted by Crippen LogP contribution is -2.14. The summed E-state index contributed by atoms with van der Waals surface area (Å²) in [6, 6.07) is 1.84. The molecule has 0 atom stereocenters. The molecule has 0 rings (SSSR count). The minimum atomic E-state index is -0.567. The highest BCUT2D eigenvalue weighted by atomic mass is 16.5. The van der Waals surface area contributed by atoms with Crippen molar-refractivity contribution in [3.05, 3.63) is 11.8 Å². The third-order valence-corrected chi connectivity index (χ3v) is 0.994. The van der Waals surface area contributed by atoms with Gasteiger partial charge in [-0.2, -0.15) is 5.26 Å². The molecule has 0 aromatic heterocycles. The summed E-state index contributed by atoms with van der Waals surface area (Å²) in [5.41, 5.74) is 5.27. The molecule has 0 saturated heterocycles. The molecule has 0 saturated carbocycles. The zero-order valence-electron chi connectivity index (χ0n) is 6.33. The lowest BCUT2D eigenvalue weighted by atomic mass is 10.4. The number of nitrogens with two attached hydrogens (primary N) is 1. The first kappa shape index (κ1) is 9.50. The van der Waals surface area contributed by atoms with Crippen LogP contribution in [-0.4, -0.2) is 12.6 Å². The highest BCUT2D eigenvalue weighted by Crippen LogP contribution is 1.89. The predicted octanol–water partition coefficient (Wildman–Crippen LogP) is 0.306. The zero-order chi connectivity index (χ0) is 8.69. The van der Waals surface area contributed by atoms with Crippen LogP contribution in [0, 0.1) is 11.3 Å². The highest BCUT2D eigenvalue weighted by Gasteiger charge is 2.03. The van der Waals surface area contributed by atoms with E-state index in [1.165, 1.54) is 6.08 Å². The van der Waals surface area contributed by atoms with Gasteiger partial charge < -0.3 is 10.5 Å².